The molecular weight excluding hydrogens is 386 g/mol. The number of nitrogens with zero attached hydrogens (tertiary/aromatic N) is 5. The van der Waals surface area contributed by atoms with E-state index in [0.29, 0.717) is 11.7 Å². The van der Waals surface area contributed by atoms with Crippen molar-refractivity contribution in [2.75, 3.05) is 63.8 Å². The Bertz CT molecular complexity index is 785. The number of pyridine rings is 1. The smallest absolute Gasteiger partial charge is 0.236 e. The van der Waals surface area contributed by atoms with Crippen LogP contribution in [0, 0.1) is 0 Å². The first-order valence-electron chi connectivity index (χ1n) is 10.3. The zero-order valence-corrected chi connectivity index (χ0v) is 17.5. The summed E-state index contributed by atoms with van der Waals surface area (Å²) in [5.74, 6) is 0.257. The van der Waals surface area contributed by atoms with Gasteiger partial charge in [0.25, 0.3) is 0 Å². The van der Waals surface area contributed by atoms with Crippen molar-refractivity contribution in [1.29, 1.82) is 0 Å². The first-order valence-corrected chi connectivity index (χ1v) is 10.7. The lowest BCUT2D eigenvalue weighted by Crippen LogP contribution is -2.53. The van der Waals surface area contributed by atoms with Gasteiger partial charge in [0.2, 0.25) is 5.91 Å². The number of rotatable bonds is 5. The molecule has 7 heteroatoms. The van der Waals surface area contributed by atoms with Gasteiger partial charge in [-0.15, -0.1) is 0 Å². The van der Waals surface area contributed by atoms with Crippen LogP contribution in [0.25, 0.3) is 0 Å². The highest BCUT2D eigenvalue weighted by Crippen LogP contribution is 2.16. The summed E-state index contributed by atoms with van der Waals surface area (Å²) in [6.07, 6.45) is 1.84. The molecule has 2 fully saturated rings. The summed E-state index contributed by atoms with van der Waals surface area (Å²) < 4.78 is 0. The molecule has 1 amide bonds. The number of piperazine rings is 2. The zero-order valence-electron chi connectivity index (χ0n) is 16.7. The van der Waals surface area contributed by atoms with Crippen LogP contribution in [0.3, 0.4) is 0 Å². The van der Waals surface area contributed by atoms with E-state index < -0.39 is 0 Å². The number of carbonyl (C=O) groups is 1. The number of aromatic nitrogens is 1. The molecule has 0 bridgehead atoms. The van der Waals surface area contributed by atoms with E-state index in [0.717, 1.165) is 58.9 Å². The first-order chi connectivity index (χ1) is 14.2. The summed E-state index contributed by atoms with van der Waals surface area (Å²) in [4.78, 5) is 26.0. The van der Waals surface area contributed by atoms with E-state index in [1.807, 2.05) is 29.3 Å². The monoisotopic (exact) mass is 413 g/mol. The molecule has 0 saturated carbocycles. The van der Waals surface area contributed by atoms with Crippen LogP contribution in [0.4, 0.5) is 5.69 Å². The largest absolute Gasteiger partial charge is 0.368 e. The average Bonchev–Trinajstić information content (AvgIpc) is 2.77. The lowest BCUT2D eigenvalue weighted by atomic mass is 10.2. The molecule has 2 aliphatic heterocycles. The van der Waals surface area contributed by atoms with Crippen molar-refractivity contribution >= 4 is 23.2 Å². The molecule has 2 aromatic rings. The van der Waals surface area contributed by atoms with Gasteiger partial charge in [0.1, 0.15) is 5.15 Å². The van der Waals surface area contributed by atoms with Crippen molar-refractivity contribution in [2.24, 2.45) is 0 Å². The molecule has 6 nitrogen and oxygen atoms in total. The molecule has 0 unspecified atom stereocenters. The third kappa shape index (κ3) is 5.47. The van der Waals surface area contributed by atoms with Gasteiger partial charge < -0.3 is 9.80 Å². The summed E-state index contributed by atoms with van der Waals surface area (Å²) >= 11 is 5.86. The highest BCUT2D eigenvalue weighted by Gasteiger charge is 2.24. The predicted octanol–water partition coefficient (Wildman–Crippen LogP) is 2.20. The molecule has 1 aromatic carbocycles. The van der Waals surface area contributed by atoms with Gasteiger partial charge in [-0.25, -0.2) is 4.98 Å². The summed E-state index contributed by atoms with van der Waals surface area (Å²) in [6.45, 7) is 8.61. The van der Waals surface area contributed by atoms with Gasteiger partial charge in [-0.1, -0.05) is 35.9 Å². The Balaban J connectivity index is 1.19. The molecule has 2 saturated heterocycles. The molecule has 0 aliphatic carbocycles. The second kappa shape index (κ2) is 9.57. The maximum atomic E-state index is 12.7. The van der Waals surface area contributed by atoms with Crippen LogP contribution in [0.5, 0.6) is 0 Å². The number of carbonyl (C=O) groups excluding carboxylic acids is 1. The maximum absolute atomic E-state index is 12.7. The molecule has 0 radical (unpaired) electrons. The normalized spacial score (nSPS) is 18.8. The van der Waals surface area contributed by atoms with Gasteiger partial charge in [-0.3, -0.25) is 14.6 Å². The van der Waals surface area contributed by atoms with E-state index in [9.17, 15) is 4.79 Å². The number of anilines is 1. The lowest BCUT2D eigenvalue weighted by molar-refractivity contribution is -0.133. The molecule has 154 valence electrons. The Morgan fingerprint density at radius 3 is 2.21 bits per heavy atom. The van der Waals surface area contributed by atoms with Crippen LogP contribution < -0.4 is 4.90 Å². The summed E-state index contributed by atoms with van der Waals surface area (Å²) in [6, 6.07) is 14.3. The third-order valence-corrected chi connectivity index (χ3v) is 6.00. The highest BCUT2D eigenvalue weighted by atomic mass is 35.5. The molecular formula is C22H28ClN5O. The first kappa shape index (κ1) is 20.1. The van der Waals surface area contributed by atoms with Crippen molar-refractivity contribution in [3.05, 3.63) is 59.4 Å². The Kier molecular flexibility index (Phi) is 6.64. The van der Waals surface area contributed by atoms with Crippen molar-refractivity contribution in [2.45, 2.75) is 6.54 Å². The van der Waals surface area contributed by atoms with Crippen molar-refractivity contribution in [3.63, 3.8) is 0 Å². The zero-order chi connectivity index (χ0) is 20.1. The minimum Gasteiger partial charge on any atom is -0.368 e. The fraction of sp³-hybridized carbons (Fsp3) is 0.455. The molecule has 0 N–H and O–H groups in total. The quantitative estimate of drug-likeness (QED) is 0.703. The number of para-hydroxylation sites is 1. The van der Waals surface area contributed by atoms with Crippen LogP contribution >= 0.6 is 11.6 Å². The van der Waals surface area contributed by atoms with Crippen molar-refractivity contribution in [3.8, 4) is 0 Å². The van der Waals surface area contributed by atoms with Crippen molar-refractivity contribution < 1.29 is 4.79 Å². The van der Waals surface area contributed by atoms with E-state index in [2.05, 4.69) is 43.9 Å². The van der Waals surface area contributed by atoms with Crippen molar-refractivity contribution in [1.82, 2.24) is 19.7 Å². The minimum absolute atomic E-state index is 0.257. The Morgan fingerprint density at radius 1 is 0.862 bits per heavy atom. The van der Waals surface area contributed by atoms with Gasteiger partial charge in [-0.2, -0.15) is 0 Å². The fourth-order valence-electron chi connectivity index (χ4n) is 4.01. The highest BCUT2D eigenvalue weighted by molar-refractivity contribution is 6.29. The van der Waals surface area contributed by atoms with Crippen LogP contribution in [0.15, 0.2) is 48.7 Å². The van der Waals surface area contributed by atoms with Crippen LogP contribution in [-0.2, 0) is 11.3 Å². The Hall–Kier alpha value is -2.15. The molecule has 3 heterocycles. The van der Waals surface area contributed by atoms with Crippen LogP contribution in [0.1, 0.15) is 5.56 Å². The molecule has 29 heavy (non-hydrogen) atoms. The second-order valence-corrected chi connectivity index (χ2v) is 8.13. The molecule has 4 rings (SSSR count). The van der Waals surface area contributed by atoms with Gasteiger partial charge in [0.05, 0.1) is 6.54 Å². The van der Waals surface area contributed by atoms with E-state index in [1.165, 1.54) is 11.3 Å². The average molecular weight is 414 g/mol. The number of halogens is 1. The summed E-state index contributed by atoms with van der Waals surface area (Å²) in [7, 11) is 0. The third-order valence-electron chi connectivity index (χ3n) is 5.77. The molecule has 0 atom stereocenters. The molecule has 0 spiro atoms. The maximum Gasteiger partial charge on any atom is 0.236 e. The number of hydrogen-bond acceptors (Lipinski definition) is 5. The van der Waals surface area contributed by atoms with Gasteiger partial charge in [-0.05, 0) is 23.8 Å². The fourth-order valence-corrected chi connectivity index (χ4v) is 4.12. The predicted molar refractivity (Wildman–Crippen MR) is 116 cm³/mol. The van der Waals surface area contributed by atoms with Gasteiger partial charge in [0.15, 0.2) is 0 Å². The summed E-state index contributed by atoms with van der Waals surface area (Å²) in [5, 5.41) is 0.529. The number of benzene rings is 1. The van der Waals surface area contributed by atoms with E-state index in [1.54, 1.807) is 0 Å². The van der Waals surface area contributed by atoms with Gasteiger partial charge in [0, 0.05) is 70.8 Å². The molecule has 1 aromatic heterocycles. The van der Waals surface area contributed by atoms with E-state index >= 15 is 0 Å². The van der Waals surface area contributed by atoms with Gasteiger partial charge >= 0.3 is 0 Å². The van der Waals surface area contributed by atoms with E-state index in [-0.39, 0.29) is 5.91 Å². The summed E-state index contributed by atoms with van der Waals surface area (Å²) in [5.41, 5.74) is 2.42. The van der Waals surface area contributed by atoms with E-state index in [4.69, 9.17) is 11.6 Å². The second-order valence-electron chi connectivity index (χ2n) is 7.74. The standard InChI is InChI=1S/C22H28ClN5O/c23-21-7-6-19(16-24-21)17-25-8-10-26(11-9-25)18-22(29)28-14-12-27(13-15-28)20-4-2-1-3-5-20/h1-7,16H,8-15,17-18H2. The SMILES string of the molecule is O=C(CN1CCN(Cc2ccc(Cl)nc2)CC1)N1CCN(c2ccccc2)CC1. The molecule has 2 aliphatic rings. The topological polar surface area (TPSA) is 42.9 Å². The Labute approximate surface area is 177 Å². The number of amides is 1. The minimum atomic E-state index is 0.257. The number of hydrogen-bond donors (Lipinski definition) is 0. The van der Waals surface area contributed by atoms with Crippen LogP contribution in [-0.4, -0.2) is 84.5 Å². The van der Waals surface area contributed by atoms with Crippen LogP contribution in [0.2, 0.25) is 5.15 Å². The lowest BCUT2D eigenvalue weighted by Gasteiger charge is -2.38. The Morgan fingerprint density at radius 2 is 1.55 bits per heavy atom.